The summed E-state index contributed by atoms with van der Waals surface area (Å²) in [6, 6.07) is 28.4. The molecule has 0 radical (unpaired) electrons. The third-order valence-corrected chi connectivity index (χ3v) is 6.82. The zero-order chi connectivity index (χ0) is 24.3. The summed E-state index contributed by atoms with van der Waals surface area (Å²) in [5.74, 6) is 1.55. The van der Waals surface area contributed by atoms with E-state index in [1.54, 1.807) is 7.11 Å². The van der Waals surface area contributed by atoms with Gasteiger partial charge in [0, 0.05) is 18.8 Å². The van der Waals surface area contributed by atoms with Gasteiger partial charge in [-0.15, -0.1) is 0 Å². The Morgan fingerprint density at radius 2 is 1.54 bits per heavy atom. The van der Waals surface area contributed by atoms with E-state index in [9.17, 15) is 4.79 Å². The maximum atomic E-state index is 13.1. The van der Waals surface area contributed by atoms with Gasteiger partial charge in [0.25, 0.3) is 0 Å². The normalized spacial score (nSPS) is 14.4. The fraction of sp³-hybridized carbons (Fsp3) is 0.367. The molecule has 0 unspecified atom stereocenters. The lowest BCUT2D eigenvalue weighted by atomic mass is 9.90. The molecule has 5 nitrogen and oxygen atoms in total. The smallest absolute Gasteiger partial charge is 0.322 e. The summed E-state index contributed by atoms with van der Waals surface area (Å²) in [6.07, 6.45) is 4.65. The summed E-state index contributed by atoms with van der Waals surface area (Å²) < 4.78 is 5.22. The standard InChI is InChI=1S/C30H37N3O2/c1-35-29-15-13-28(14-16-29)31-30(34)33(24-27-11-6-3-7-12-27)20-8-19-32-21-17-26(18-22-32)23-25-9-4-2-5-10-25/h2-7,9-16,26H,8,17-24H2,1H3,(H,31,34). The Balaban J connectivity index is 1.27. The largest absolute Gasteiger partial charge is 0.497 e. The van der Waals surface area contributed by atoms with E-state index in [1.807, 2.05) is 47.4 Å². The van der Waals surface area contributed by atoms with Crippen LogP contribution in [0.3, 0.4) is 0 Å². The van der Waals surface area contributed by atoms with Crippen molar-refractivity contribution in [1.82, 2.24) is 9.80 Å². The SMILES string of the molecule is COc1ccc(NC(=O)N(CCCN2CCC(Cc3ccccc3)CC2)Cc2ccccc2)cc1. The molecule has 35 heavy (non-hydrogen) atoms. The van der Waals surface area contributed by atoms with E-state index >= 15 is 0 Å². The molecule has 184 valence electrons. The first-order valence-electron chi connectivity index (χ1n) is 12.7. The van der Waals surface area contributed by atoms with Crippen LogP contribution in [0.5, 0.6) is 5.75 Å². The Hall–Kier alpha value is -3.31. The van der Waals surface area contributed by atoms with Crippen LogP contribution < -0.4 is 10.1 Å². The monoisotopic (exact) mass is 471 g/mol. The van der Waals surface area contributed by atoms with Crippen molar-refractivity contribution >= 4 is 11.7 Å². The molecular formula is C30H37N3O2. The average Bonchev–Trinajstić information content (AvgIpc) is 2.91. The predicted molar refractivity (Wildman–Crippen MR) is 143 cm³/mol. The van der Waals surface area contributed by atoms with Crippen molar-refractivity contribution in [3.05, 3.63) is 96.1 Å². The lowest BCUT2D eigenvalue weighted by Gasteiger charge is -2.32. The molecule has 0 aliphatic carbocycles. The van der Waals surface area contributed by atoms with Crippen LogP contribution in [-0.4, -0.2) is 49.1 Å². The first-order chi connectivity index (χ1) is 17.2. The molecule has 1 N–H and O–H groups in total. The van der Waals surface area contributed by atoms with Crippen LogP contribution in [0.4, 0.5) is 10.5 Å². The highest BCUT2D eigenvalue weighted by atomic mass is 16.5. The molecule has 1 aliphatic rings. The van der Waals surface area contributed by atoms with Crippen LogP contribution in [0.15, 0.2) is 84.9 Å². The van der Waals surface area contributed by atoms with Crippen molar-refractivity contribution in [2.24, 2.45) is 5.92 Å². The minimum absolute atomic E-state index is 0.0689. The van der Waals surface area contributed by atoms with Gasteiger partial charge in [0.05, 0.1) is 7.11 Å². The minimum atomic E-state index is -0.0689. The second-order valence-electron chi connectivity index (χ2n) is 9.39. The topological polar surface area (TPSA) is 44.8 Å². The molecule has 5 heteroatoms. The number of anilines is 1. The summed E-state index contributed by atoms with van der Waals surface area (Å²) in [7, 11) is 1.64. The summed E-state index contributed by atoms with van der Waals surface area (Å²) >= 11 is 0. The Morgan fingerprint density at radius 3 is 2.17 bits per heavy atom. The number of benzene rings is 3. The zero-order valence-electron chi connectivity index (χ0n) is 20.7. The van der Waals surface area contributed by atoms with Gasteiger partial charge in [-0.3, -0.25) is 0 Å². The third-order valence-electron chi connectivity index (χ3n) is 6.82. The van der Waals surface area contributed by atoms with Gasteiger partial charge in [-0.25, -0.2) is 4.79 Å². The maximum absolute atomic E-state index is 13.1. The van der Waals surface area contributed by atoms with E-state index in [2.05, 4.69) is 52.7 Å². The first kappa shape index (κ1) is 24.8. The van der Waals surface area contributed by atoms with Crippen LogP contribution in [0.2, 0.25) is 0 Å². The maximum Gasteiger partial charge on any atom is 0.322 e. The van der Waals surface area contributed by atoms with Crippen molar-refractivity contribution in [2.75, 3.05) is 38.6 Å². The Kier molecular flexibility index (Phi) is 9.18. The molecule has 3 aromatic carbocycles. The second kappa shape index (κ2) is 13.0. The van der Waals surface area contributed by atoms with E-state index in [1.165, 1.54) is 24.8 Å². The summed E-state index contributed by atoms with van der Waals surface area (Å²) in [5, 5.41) is 3.05. The Bertz CT molecular complexity index is 1020. The molecule has 1 saturated heterocycles. The van der Waals surface area contributed by atoms with Crippen LogP contribution in [0, 0.1) is 5.92 Å². The number of nitrogens with one attached hydrogen (secondary N) is 1. The minimum Gasteiger partial charge on any atom is -0.497 e. The Morgan fingerprint density at radius 1 is 0.914 bits per heavy atom. The highest BCUT2D eigenvalue weighted by Crippen LogP contribution is 2.22. The Labute approximate surface area is 209 Å². The number of methoxy groups -OCH3 is 1. The van der Waals surface area contributed by atoms with Gasteiger partial charge in [0.2, 0.25) is 0 Å². The third kappa shape index (κ3) is 7.86. The summed E-state index contributed by atoms with van der Waals surface area (Å²) in [4.78, 5) is 17.6. The molecule has 1 heterocycles. The molecule has 1 fully saturated rings. The lowest BCUT2D eigenvalue weighted by molar-refractivity contribution is 0.170. The van der Waals surface area contributed by atoms with Crippen molar-refractivity contribution in [3.63, 3.8) is 0 Å². The van der Waals surface area contributed by atoms with Crippen LogP contribution in [0.25, 0.3) is 0 Å². The van der Waals surface area contributed by atoms with Crippen molar-refractivity contribution in [3.8, 4) is 5.75 Å². The molecule has 3 aromatic rings. The number of hydrogen-bond donors (Lipinski definition) is 1. The molecular weight excluding hydrogens is 434 g/mol. The van der Waals surface area contributed by atoms with Gasteiger partial charge < -0.3 is 19.9 Å². The first-order valence-corrected chi connectivity index (χ1v) is 12.7. The van der Waals surface area contributed by atoms with Crippen molar-refractivity contribution in [1.29, 1.82) is 0 Å². The molecule has 0 saturated carbocycles. The molecule has 0 aromatic heterocycles. The highest BCUT2D eigenvalue weighted by Gasteiger charge is 2.20. The van der Waals surface area contributed by atoms with E-state index in [0.717, 1.165) is 55.5 Å². The van der Waals surface area contributed by atoms with Crippen molar-refractivity contribution in [2.45, 2.75) is 32.2 Å². The number of ether oxygens (including phenoxy) is 1. The molecule has 0 atom stereocenters. The van der Waals surface area contributed by atoms with Crippen molar-refractivity contribution < 1.29 is 9.53 Å². The fourth-order valence-corrected chi connectivity index (χ4v) is 4.78. The molecule has 0 bridgehead atoms. The number of carbonyl (C=O) groups is 1. The van der Waals surface area contributed by atoms with Crippen LogP contribution in [-0.2, 0) is 13.0 Å². The molecule has 0 spiro atoms. The fourth-order valence-electron chi connectivity index (χ4n) is 4.78. The molecule has 1 aliphatic heterocycles. The van der Waals surface area contributed by atoms with E-state index in [-0.39, 0.29) is 6.03 Å². The van der Waals surface area contributed by atoms with Gasteiger partial charge >= 0.3 is 6.03 Å². The number of nitrogens with zero attached hydrogens (tertiary/aromatic N) is 2. The highest BCUT2D eigenvalue weighted by molar-refractivity contribution is 5.89. The number of urea groups is 1. The van der Waals surface area contributed by atoms with E-state index < -0.39 is 0 Å². The predicted octanol–water partition coefficient (Wildman–Crippen LogP) is 6.07. The van der Waals surface area contributed by atoms with Gasteiger partial charge in [-0.05, 0) is 86.6 Å². The number of hydrogen-bond acceptors (Lipinski definition) is 3. The second-order valence-corrected chi connectivity index (χ2v) is 9.39. The lowest BCUT2D eigenvalue weighted by Crippen LogP contribution is -2.39. The number of amides is 2. The van der Waals surface area contributed by atoms with E-state index in [0.29, 0.717) is 6.54 Å². The quantitative estimate of drug-likeness (QED) is 0.390. The molecule has 4 rings (SSSR count). The van der Waals surface area contributed by atoms with Gasteiger partial charge in [-0.1, -0.05) is 60.7 Å². The number of likely N-dealkylation sites (tertiary alicyclic amines) is 1. The summed E-state index contributed by atoms with van der Waals surface area (Å²) in [5.41, 5.74) is 3.36. The number of carbonyl (C=O) groups excluding carboxylic acids is 1. The van der Waals surface area contributed by atoms with Gasteiger partial charge in [0.15, 0.2) is 0 Å². The zero-order valence-corrected chi connectivity index (χ0v) is 20.7. The van der Waals surface area contributed by atoms with Crippen LogP contribution in [0.1, 0.15) is 30.4 Å². The number of rotatable bonds is 10. The van der Waals surface area contributed by atoms with Crippen LogP contribution >= 0.6 is 0 Å². The van der Waals surface area contributed by atoms with E-state index in [4.69, 9.17) is 4.74 Å². The number of piperidine rings is 1. The summed E-state index contributed by atoms with van der Waals surface area (Å²) in [6.45, 7) is 4.64. The van der Waals surface area contributed by atoms with Gasteiger partial charge in [0.1, 0.15) is 5.75 Å². The molecule has 2 amide bonds. The van der Waals surface area contributed by atoms with Gasteiger partial charge in [-0.2, -0.15) is 0 Å². The average molecular weight is 472 g/mol.